The topological polar surface area (TPSA) is 37.4 Å². The molecule has 0 saturated carbocycles. The van der Waals surface area contributed by atoms with Crippen LogP contribution in [0.15, 0.2) is 12.3 Å². The third-order valence-electron chi connectivity index (χ3n) is 3.51. The zero-order valence-electron chi connectivity index (χ0n) is 12.5. The van der Waals surface area contributed by atoms with Crippen LogP contribution in [0.4, 0.5) is 10.2 Å². The van der Waals surface area contributed by atoms with Gasteiger partial charge in [0.2, 0.25) is 0 Å². The number of likely N-dealkylation sites (N-methyl/N-ethyl adjacent to an activating group) is 1. The van der Waals surface area contributed by atoms with Crippen LogP contribution in [0.3, 0.4) is 0 Å². The summed E-state index contributed by atoms with van der Waals surface area (Å²) in [5.74, 6) is 0.171. The molecule has 2 heterocycles. The lowest BCUT2D eigenvalue weighted by molar-refractivity contribution is 0.116. The van der Waals surface area contributed by atoms with E-state index < -0.39 is 0 Å². The van der Waals surface area contributed by atoms with Crippen molar-refractivity contribution in [2.75, 3.05) is 25.1 Å². The molecule has 1 aromatic heterocycles. The molecule has 0 bridgehead atoms. The molecule has 5 heteroatoms. The summed E-state index contributed by atoms with van der Waals surface area (Å²) < 4.78 is 20.1. The molecule has 1 fully saturated rings. The number of halogens is 1. The standard InChI is InChI=1S/C15H24FN3O/c1-11(2)18-9-12-6-7-17-15(14(12)16)19(3)10-13-5-4-8-20-13/h6-7,11,13,18H,4-5,8-10H2,1-3H3. The maximum Gasteiger partial charge on any atom is 0.170 e. The Bertz CT molecular complexity index is 433. The zero-order chi connectivity index (χ0) is 14.5. The predicted octanol–water partition coefficient (Wildman–Crippen LogP) is 2.33. The van der Waals surface area contributed by atoms with Gasteiger partial charge in [0, 0.05) is 44.5 Å². The number of ether oxygens (including phenoxy) is 1. The van der Waals surface area contributed by atoms with E-state index in [-0.39, 0.29) is 11.9 Å². The average molecular weight is 281 g/mol. The number of rotatable bonds is 6. The van der Waals surface area contributed by atoms with Crippen molar-refractivity contribution in [1.82, 2.24) is 10.3 Å². The van der Waals surface area contributed by atoms with Gasteiger partial charge in [0.05, 0.1) is 6.10 Å². The first-order valence-corrected chi connectivity index (χ1v) is 7.27. The lowest BCUT2D eigenvalue weighted by Crippen LogP contribution is -2.30. The fourth-order valence-corrected chi connectivity index (χ4v) is 2.37. The van der Waals surface area contributed by atoms with E-state index in [1.807, 2.05) is 25.8 Å². The van der Waals surface area contributed by atoms with Gasteiger partial charge in [-0.1, -0.05) is 13.8 Å². The van der Waals surface area contributed by atoms with Crippen LogP contribution in [-0.4, -0.2) is 37.3 Å². The molecule has 112 valence electrons. The van der Waals surface area contributed by atoms with Crippen molar-refractivity contribution < 1.29 is 9.13 Å². The summed E-state index contributed by atoms with van der Waals surface area (Å²) in [6, 6.07) is 2.06. The highest BCUT2D eigenvalue weighted by Gasteiger charge is 2.20. The molecule has 1 N–H and O–H groups in total. The van der Waals surface area contributed by atoms with Crippen molar-refractivity contribution in [3.05, 3.63) is 23.6 Å². The van der Waals surface area contributed by atoms with Crippen molar-refractivity contribution in [2.45, 2.75) is 45.4 Å². The summed E-state index contributed by atoms with van der Waals surface area (Å²) >= 11 is 0. The maximum atomic E-state index is 14.5. The van der Waals surface area contributed by atoms with Crippen LogP contribution >= 0.6 is 0 Å². The molecule has 1 unspecified atom stereocenters. The number of nitrogens with one attached hydrogen (secondary N) is 1. The van der Waals surface area contributed by atoms with Gasteiger partial charge in [0.25, 0.3) is 0 Å². The highest BCUT2D eigenvalue weighted by Crippen LogP contribution is 2.21. The number of anilines is 1. The minimum atomic E-state index is -0.235. The predicted molar refractivity (Wildman–Crippen MR) is 78.4 cm³/mol. The summed E-state index contributed by atoms with van der Waals surface area (Å²) in [5, 5.41) is 3.23. The molecule has 2 rings (SSSR count). The normalized spacial score (nSPS) is 18.8. The lowest BCUT2D eigenvalue weighted by Gasteiger charge is -2.23. The first-order chi connectivity index (χ1) is 9.58. The molecule has 0 amide bonds. The molecule has 4 nitrogen and oxygen atoms in total. The Morgan fingerprint density at radius 2 is 2.35 bits per heavy atom. The summed E-state index contributed by atoms with van der Waals surface area (Å²) in [6.07, 6.45) is 3.99. The van der Waals surface area contributed by atoms with Gasteiger partial charge in [-0.3, -0.25) is 0 Å². The second-order valence-corrected chi connectivity index (χ2v) is 5.66. The Balaban J connectivity index is 2.04. The molecule has 1 saturated heterocycles. The SMILES string of the molecule is CC(C)NCc1ccnc(N(C)CC2CCCO2)c1F. The van der Waals surface area contributed by atoms with Gasteiger partial charge in [-0.25, -0.2) is 9.37 Å². The van der Waals surface area contributed by atoms with Gasteiger partial charge < -0.3 is 15.0 Å². The van der Waals surface area contributed by atoms with Crippen molar-refractivity contribution >= 4 is 5.82 Å². The summed E-state index contributed by atoms with van der Waals surface area (Å²) in [5.41, 5.74) is 0.655. The highest BCUT2D eigenvalue weighted by atomic mass is 19.1. The van der Waals surface area contributed by atoms with Gasteiger partial charge in [-0.05, 0) is 18.9 Å². The molecule has 20 heavy (non-hydrogen) atoms. The van der Waals surface area contributed by atoms with Crippen molar-refractivity contribution in [3.63, 3.8) is 0 Å². The molecular formula is C15H24FN3O. The minimum Gasteiger partial charge on any atom is -0.376 e. The zero-order valence-corrected chi connectivity index (χ0v) is 12.5. The van der Waals surface area contributed by atoms with Crippen LogP contribution in [0.25, 0.3) is 0 Å². The lowest BCUT2D eigenvalue weighted by atomic mass is 10.2. The molecule has 1 aliphatic rings. The Hall–Kier alpha value is -1.20. The second-order valence-electron chi connectivity index (χ2n) is 5.66. The van der Waals surface area contributed by atoms with Crippen molar-refractivity contribution in [3.8, 4) is 0 Å². The Morgan fingerprint density at radius 1 is 1.55 bits per heavy atom. The van der Waals surface area contributed by atoms with Crippen LogP contribution in [-0.2, 0) is 11.3 Å². The molecule has 0 aliphatic carbocycles. The third kappa shape index (κ3) is 3.90. The van der Waals surface area contributed by atoms with E-state index in [0.29, 0.717) is 30.5 Å². The average Bonchev–Trinajstić information content (AvgIpc) is 2.90. The summed E-state index contributed by atoms with van der Waals surface area (Å²) in [7, 11) is 1.87. The first-order valence-electron chi connectivity index (χ1n) is 7.27. The quantitative estimate of drug-likeness (QED) is 0.868. The van der Waals surface area contributed by atoms with E-state index in [0.717, 1.165) is 19.4 Å². The number of pyridine rings is 1. The maximum absolute atomic E-state index is 14.5. The highest BCUT2D eigenvalue weighted by molar-refractivity contribution is 5.42. The fraction of sp³-hybridized carbons (Fsp3) is 0.667. The van der Waals surface area contributed by atoms with Gasteiger partial charge in [0.1, 0.15) is 0 Å². The van der Waals surface area contributed by atoms with E-state index in [1.54, 1.807) is 12.3 Å². The molecule has 1 aliphatic heterocycles. The molecule has 1 atom stereocenters. The number of hydrogen-bond donors (Lipinski definition) is 1. The Kier molecular flexibility index (Phi) is 5.31. The van der Waals surface area contributed by atoms with Crippen molar-refractivity contribution in [2.24, 2.45) is 0 Å². The number of aromatic nitrogens is 1. The van der Waals surface area contributed by atoms with Crippen molar-refractivity contribution in [1.29, 1.82) is 0 Å². The van der Waals surface area contributed by atoms with Crippen LogP contribution in [0.5, 0.6) is 0 Å². The van der Waals surface area contributed by atoms with E-state index >= 15 is 0 Å². The van der Waals surface area contributed by atoms with E-state index in [2.05, 4.69) is 10.3 Å². The Morgan fingerprint density at radius 3 is 3.00 bits per heavy atom. The first kappa shape index (κ1) is 15.2. The molecule has 0 radical (unpaired) electrons. The number of hydrogen-bond acceptors (Lipinski definition) is 4. The van der Waals surface area contributed by atoms with Crippen LogP contribution < -0.4 is 10.2 Å². The molecule has 1 aromatic rings. The van der Waals surface area contributed by atoms with Gasteiger partial charge >= 0.3 is 0 Å². The third-order valence-corrected chi connectivity index (χ3v) is 3.51. The summed E-state index contributed by atoms with van der Waals surface area (Å²) in [6.45, 7) is 6.11. The molecule has 0 spiro atoms. The largest absolute Gasteiger partial charge is 0.376 e. The monoisotopic (exact) mass is 281 g/mol. The number of nitrogens with zero attached hydrogens (tertiary/aromatic N) is 2. The van der Waals surface area contributed by atoms with E-state index in [4.69, 9.17) is 4.74 Å². The van der Waals surface area contributed by atoms with E-state index in [1.165, 1.54) is 0 Å². The molecule has 0 aromatic carbocycles. The smallest absolute Gasteiger partial charge is 0.170 e. The molecular weight excluding hydrogens is 257 g/mol. The van der Waals surface area contributed by atoms with Crippen LogP contribution in [0, 0.1) is 5.82 Å². The van der Waals surface area contributed by atoms with Gasteiger partial charge in [-0.2, -0.15) is 0 Å². The summed E-state index contributed by atoms with van der Waals surface area (Å²) in [4.78, 5) is 6.03. The van der Waals surface area contributed by atoms with Crippen LogP contribution in [0.2, 0.25) is 0 Å². The van der Waals surface area contributed by atoms with Crippen LogP contribution in [0.1, 0.15) is 32.3 Å². The Labute approximate surface area is 120 Å². The van der Waals surface area contributed by atoms with E-state index in [9.17, 15) is 4.39 Å². The van der Waals surface area contributed by atoms with Gasteiger partial charge in [-0.15, -0.1) is 0 Å². The second kappa shape index (κ2) is 6.99. The fourth-order valence-electron chi connectivity index (χ4n) is 2.37. The van der Waals surface area contributed by atoms with Gasteiger partial charge in [0.15, 0.2) is 11.6 Å². The minimum absolute atomic E-state index is 0.193.